The number of Topliss-reactive ketones (excluding diaryl/α,β-unsaturated/α-hetero) is 1. The maximum absolute atomic E-state index is 12.9. The Hall–Kier alpha value is -2.21. The molecule has 0 aliphatic heterocycles. The zero-order chi connectivity index (χ0) is 17.8. The van der Waals surface area contributed by atoms with Crippen LogP contribution in [0.4, 0.5) is 0 Å². The smallest absolute Gasteiger partial charge is 0.221 e. The van der Waals surface area contributed by atoms with Gasteiger partial charge >= 0.3 is 0 Å². The highest BCUT2D eigenvalue weighted by Crippen LogP contribution is 2.40. The fourth-order valence-electron chi connectivity index (χ4n) is 3.30. The molecule has 1 fully saturated rings. The van der Waals surface area contributed by atoms with Crippen molar-refractivity contribution in [3.05, 3.63) is 46.6 Å². The van der Waals surface area contributed by atoms with Crippen molar-refractivity contribution in [1.29, 1.82) is 0 Å². The van der Waals surface area contributed by atoms with E-state index in [4.69, 9.17) is 0 Å². The molecule has 6 heteroatoms. The van der Waals surface area contributed by atoms with Crippen molar-refractivity contribution >= 4 is 29.2 Å². The first-order chi connectivity index (χ1) is 12.1. The third kappa shape index (κ3) is 4.07. The van der Waals surface area contributed by atoms with Crippen LogP contribution in [-0.4, -0.2) is 22.5 Å². The number of ketones is 2. The van der Waals surface area contributed by atoms with E-state index < -0.39 is 0 Å². The van der Waals surface area contributed by atoms with E-state index in [1.54, 1.807) is 12.3 Å². The van der Waals surface area contributed by atoms with Crippen LogP contribution in [0.25, 0.3) is 0 Å². The summed E-state index contributed by atoms with van der Waals surface area (Å²) >= 11 is 1.21. The molecule has 25 heavy (non-hydrogen) atoms. The maximum atomic E-state index is 12.9. The van der Waals surface area contributed by atoms with Gasteiger partial charge in [0.1, 0.15) is 5.03 Å². The highest BCUT2D eigenvalue weighted by atomic mass is 32.2. The van der Waals surface area contributed by atoms with Crippen LogP contribution >= 0.6 is 11.8 Å². The van der Waals surface area contributed by atoms with Crippen LogP contribution in [-0.2, 0) is 14.4 Å². The fraction of sp³-hybridized carbons (Fsp3) is 0.368. The van der Waals surface area contributed by atoms with Gasteiger partial charge in [0.2, 0.25) is 11.7 Å². The monoisotopic (exact) mass is 356 g/mol. The van der Waals surface area contributed by atoms with Gasteiger partial charge in [-0.25, -0.2) is 4.98 Å². The first-order valence-electron chi connectivity index (χ1n) is 8.47. The lowest BCUT2D eigenvalue weighted by molar-refractivity contribution is -0.120. The minimum atomic E-state index is -0.365. The van der Waals surface area contributed by atoms with E-state index in [0.29, 0.717) is 15.5 Å². The number of hydrogen-bond acceptors (Lipinski definition) is 5. The molecule has 0 radical (unpaired) electrons. The molecule has 1 aromatic heterocycles. The van der Waals surface area contributed by atoms with E-state index in [9.17, 15) is 14.4 Å². The van der Waals surface area contributed by atoms with E-state index in [-0.39, 0.29) is 29.1 Å². The van der Waals surface area contributed by atoms with Crippen LogP contribution in [0.2, 0.25) is 0 Å². The molecule has 130 valence electrons. The van der Waals surface area contributed by atoms with Gasteiger partial charge in [0, 0.05) is 24.8 Å². The molecule has 0 saturated heterocycles. The van der Waals surface area contributed by atoms with Gasteiger partial charge in [0.25, 0.3) is 0 Å². The van der Waals surface area contributed by atoms with Gasteiger partial charge in [-0.05, 0) is 30.9 Å². The molecule has 1 N–H and O–H groups in total. The van der Waals surface area contributed by atoms with Crippen molar-refractivity contribution in [2.45, 2.75) is 44.1 Å². The Bertz CT molecular complexity index is 762. The van der Waals surface area contributed by atoms with Crippen LogP contribution < -0.4 is 5.32 Å². The molecular formula is C19H20N2O3S. The lowest BCUT2D eigenvalue weighted by atomic mass is 9.80. The molecule has 0 atom stereocenters. The van der Waals surface area contributed by atoms with Crippen LogP contribution in [0.3, 0.4) is 0 Å². The number of carbonyl (C=O) groups is 3. The van der Waals surface area contributed by atoms with Crippen LogP contribution in [0, 0.1) is 5.92 Å². The first-order valence-corrected chi connectivity index (χ1v) is 9.29. The number of rotatable bonds is 4. The Labute approximate surface area is 151 Å². The van der Waals surface area contributed by atoms with Crippen molar-refractivity contribution < 1.29 is 14.4 Å². The molecule has 0 unspecified atom stereocenters. The predicted octanol–water partition coefficient (Wildman–Crippen LogP) is 3.18. The highest BCUT2D eigenvalue weighted by molar-refractivity contribution is 8.04. The number of pyridine rings is 1. The van der Waals surface area contributed by atoms with Crippen molar-refractivity contribution in [3.8, 4) is 0 Å². The van der Waals surface area contributed by atoms with Crippen molar-refractivity contribution in [2.24, 2.45) is 5.92 Å². The minimum Gasteiger partial charge on any atom is -0.323 e. The van der Waals surface area contributed by atoms with Gasteiger partial charge in [0.05, 0.1) is 10.6 Å². The van der Waals surface area contributed by atoms with Crippen molar-refractivity contribution in [1.82, 2.24) is 10.3 Å². The number of nitrogens with zero attached hydrogens (tertiary/aromatic N) is 1. The van der Waals surface area contributed by atoms with E-state index in [2.05, 4.69) is 10.3 Å². The SMILES string of the molecule is CC(=O)NC1=CC(=O)C(C2CCCCC2)=C(Sc2ccccn2)C1=O. The van der Waals surface area contributed by atoms with Gasteiger partial charge in [-0.15, -0.1) is 0 Å². The summed E-state index contributed by atoms with van der Waals surface area (Å²) in [5.74, 6) is -0.734. The molecule has 3 rings (SSSR count). The summed E-state index contributed by atoms with van der Waals surface area (Å²) in [5.41, 5.74) is 0.643. The second-order valence-electron chi connectivity index (χ2n) is 6.28. The molecular weight excluding hydrogens is 336 g/mol. The summed E-state index contributed by atoms with van der Waals surface area (Å²) in [6, 6.07) is 5.46. The van der Waals surface area contributed by atoms with E-state index in [1.807, 2.05) is 12.1 Å². The third-order valence-electron chi connectivity index (χ3n) is 4.40. The molecule has 1 amide bonds. The molecule has 0 spiro atoms. The zero-order valence-corrected chi connectivity index (χ0v) is 14.9. The average molecular weight is 356 g/mol. The number of carbonyl (C=O) groups excluding carboxylic acids is 3. The molecule has 5 nitrogen and oxygen atoms in total. The Morgan fingerprint density at radius 1 is 1.20 bits per heavy atom. The predicted molar refractivity (Wildman–Crippen MR) is 95.6 cm³/mol. The van der Waals surface area contributed by atoms with Crippen LogP contribution in [0.1, 0.15) is 39.0 Å². The van der Waals surface area contributed by atoms with E-state index in [0.717, 1.165) is 25.7 Å². The summed E-state index contributed by atoms with van der Waals surface area (Å²) < 4.78 is 0. The Morgan fingerprint density at radius 3 is 2.60 bits per heavy atom. The first kappa shape index (κ1) is 17.6. The van der Waals surface area contributed by atoms with E-state index in [1.165, 1.54) is 31.2 Å². The van der Waals surface area contributed by atoms with Gasteiger partial charge < -0.3 is 5.32 Å². The van der Waals surface area contributed by atoms with Crippen LogP contribution in [0.5, 0.6) is 0 Å². The Kier molecular flexibility index (Phi) is 5.48. The normalized spacial score (nSPS) is 19.0. The lowest BCUT2D eigenvalue weighted by Crippen LogP contribution is -2.32. The number of amides is 1. The number of aromatic nitrogens is 1. The molecule has 1 saturated carbocycles. The van der Waals surface area contributed by atoms with Crippen molar-refractivity contribution in [3.63, 3.8) is 0 Å². The summed E-state index contributed by atoms with van der Waals surface area (Å²) in [6.07, 6.45) is 8.08. The van der Waals surface area contributed by atoms with E-state index >= 15 is 0 Å². The lowest BCUT2D eigenvalue weighted by Gasteiger charge is -2.27. The molecule has 1 aromatic rings. The number of hydrogen-bond donors (Lipinski definition) is 1. The van der Waals surface area contributed by atoms with Crippen LogP contribution in [0.15, 0.2) is 51.7 Å². The molecule has 0 bridgehead atoms. The topological polar surface area (TPSA) is 76.1 Å². The summed E-state index contributed by atoms with van der Waals surface area (Å²) in [5, 5.41) is 3.15. The number of allylic oxidation sites excluding steroid dienone is 3. The number of nitrogens with one attached hydrogen (secondary N) is 1. The Morgan fingerprint density at radius 2 is 1.96 bits per heavy atom. The maximum Gasteiger partial charge on any atom is 0.221 e. The molecule has 0 aromatic carbocycles. The van der Waals surface area contributed by atoms with Crippen molar-refractivity contribution in [2.75, 3.05) is 0 Å². The Balaban J connectivity index is 1.99. The summed E-state index contributed by atoms with van der Waals surface area (Å²) in [4.78, 5) is 41.7. The van der Waals surface area contributed by atoms with Gasteiger partial charge in [-0.3, -0.25) is 14.4 Å². The van der Waals surface area contributed by atoms with Gasteiger partial charge in [-0.2, -0.15) is 0 Å². The second kappa shape index (κ2) is 7.78. The third-order valence-corrected chi connectivity index (χ3v) is 5.46. The highest BCUT2D eigenvalue weighted by Gasteiger charge is 2.34. The molecule has 1 heterocycles. The number of thioether (sulfide) groups is 1. The quantitative estimate of drug-likeness (QED) is 0.839. The summed E-state index contributed by atoms with van der Waals surface area (Å²) in [6.45, 7) is 1.32. The zero-order valence-electron chi connectivity index (χ0n) is 14.1. The molecule has 2 aliphatic carbocycles. The standard InChI is InChI=1S/C19H20N2O3S/c1-12(22)21-14-11-15(23)17(13-7-3-2-4-8-13)19(18(14)24)25-16-9-5-6-10-20-16/h5-6,9-11,13H,2-4,7-8H2,1H3,(H,21,22). The summed E-state index contributed by atoms with van der Waals surface area (Å²) in [7, 11) is 0. The largest absolute Gasteiger partial charge is 0.323 e. The molecule has 2 aliphatic rings. The van der Waals surface area contributed by atoms with Gasteiger partial charge in [-0.1, -0.05) is 37.1 Å². The average Bonchev–Trinajstić information content (AvgIpc) is 2.60. The minimum absolute atomic E-state index is 0.0514. The second-order valence-corrected chi connectivity index (χ2v) is 7.31. The fourth-order valence-corrected chi connectivity index (χ4v) is 4.35. The van der Waals surface area contributed by atoms with Gasteiger partial charge in [0.15, 0.2) is 5.78 Å².